The molecule has 0 saturated carbocycles. The lowest BCUT2D eigenvalue weighted by Crippen LogP contribution is -2.44. The third-order valence-corrected chi connectivity index (χ3v) is 4.52. The van der Waals surface area contributed by atoms with Gasteiger partial charge in [0.1, 0.15) is 5.01 Å². The summed E-state index contributed by atoms with van der Waals surface area (Å²) < 4.78 is 4.76. The number of carboxylic acids is 1. The minimum Gasteiger partial charge on any atom is -0.480 e. The van der Waals surface area contributed by atoms with Crippen molar-refractivity contribution in [2.45, 2.75) is 12.5 Å². The summed E-state index contributed by atoms with van der Waals surface area (Å²) in [4.78, 5) is 28.2. The Bertz CT molecular complexity index is 609. The van der Waals surface area contributed by atoms with Crippen LogP contribution < -0.4 is 5.32 Å². The van der Waals surface area contributed by atoms with Crippen molar-refractivity contribution in [2.24, 2.45) is 0 Å². The molecule has 0 spiro atoms. The molecule has 0 aromatic carbocycles. The summed E-state index contributed by atoms with van der Waals surface area (Å²) in [6.45, 7) is -0.0708. The molecule has 1 unspecified atom stereocenters. The van der Waals surface area contributed by atoms with Crippen molar-refractivity contribution in [3.63, 3.8) is 0 Å². The molecule has 0 aliphatic carbocycles. The van der Waals surface area contributed by atoms with Crippen LogP contribution in [0.2, 0.25) is 0 Å². The molecule has 0 fully saturated rings. The van der Waals surface area contributed by atoms with Gasteiger partial charge in [-0.3, -0.25) is 4.79 Å². The molecule has 6 nitrogen and oxygen atoms in total. The van der Waals surface area contributed by atoms with Crippen molar-refractivity contribution in [3.8, 4) is 9.88 Å². The molecule has 2 aromatic rings. The summed E-state index contributed by atoms with van der Waals surface area (Å²) in [6, 6.07) is 2.86. The third-order valence-electron chi connectivity index (χ3n) is 2.59. The Morgan fingerprint density at radius 1 is 1.48 bits per heavy atom. The monoisotopic (exact) mass is 326 g/mol. The van der Waals surface area contributed by atoms with E-state index in [1.54, 1.807) is 16.7 Å². The van der Waals surface area contributed by atoms with Gasteiger partial charge < -0.3 is 15.2 Å². The van der Waals surface area contributed by atoms with Crippen LogP contribution in [0.1, 0.15) is 5.69 Å². The SMILES string of the molecule is COCC(NC(=O)Cc1csc(-c2cccs2)n1)C(=O)O. The predicted octanol–water partition coefficient (Wildman–Crippen LogP) is 1.63. The minimum absolute atomic E-state index is 0.0510. The molecule has 0 aliphatic heterocycles. The Labute approximate surface area is 129 Å². The molecule has 1 amide bonds. The van der Waals surface area contributed by atoms with Gasteiger partial charge in [0, 0.05) is 12.5 Å². The van der Waals surface area contributed by atoms with Crippen LogP contribution in [0.4, 0.5) is 0 Å². The summed E-state index contributed by atoms with van der Waals surface area (Å²) in [7, 11) is 1.38. The highest BCUT2D eigenvalue weighted by Crippen LogP contribution is 2.27. The highest BCUT2D eigenvalue weighted by atomic mass is 32.1. The summed E-state index contributed by atoms with van der Waals surface area (Å²) in [6.07, 6.45) is 0.0510. The van der Waals surface area contributed by atoms with E-state index >= 15 is 0 Å². The number of amides is 1. The van der Waals surface area contributed by atoms with Gasteiger partial charge in [-0.1, -0.05) is 6.07 Å². The Balaban J connectivity index is 1.95. The van der Waals surface area contributed by atoms with Gasteiger partial charge in [-0.25, -0.2) is 9.78 Å². The summed E-state index contributed by atoms with van der Waals surface area (Å²) >= 11 is 3.05. The fraction of sp³-hybridized carbons (Fsp3) is 0.308. The number of aliphatic carboxylic acids is 1. The van der Waals surface area contributed by atoms with E-state index in [4.69, 9.17) is 9.84 Å². The van der Waals surface area contributed by atoms with Gasteiger partial charge in [0.15, 0.2) is 6.04 Å². The van der Waals surface area contributed by atoms with Crippen molar-refractivity contribution in [1.29, 1.82) is 0 Å². The molecule has 8 heteroatoms. The van der Waals surface area contributed by atoms with E-state index in [1.807, 2.05) is 17.5 Å². The lowest BCUT2D eigenvalue weighted by molar-refractivity contribution is -0.143. The van der Waals surface area contributed by atoms with Crippen LogP contribution in [0.25, 0.3) is 9.88 Å². The maximum atomic E-state index is 11.8. The first kappa shape index (κ1) is 15.6. The van der Waals surface area contributed by atoms with Crippen LogP contribution in [-0.4, -0.2) is 41.7 Å². The van der Waals surface area contributed by atoms with Gasteiger partial charge in [0.05, 0.1) is 23.6 Å². The fourth-order valence-corrected chi connectivity index (χ4v) is 3.29. The maximum Gasteiger partial charge on any atom is 0.328 e. The average Bonchev–Trinajstić information content (AvgIpc) is 3.08. The van der Waals surface area contributed by atoms with Gasteiger partial charge in [-0.2, -0.15) is 0 Å². The number of hydrogen-bond donors (Lipinski definition) is 2. The first-order valence-electron chi connectivity index (χ1n) is 6.09. The van der Waals surface area contributed by atoms with Crippen LogP contribution in [-0.2, 0) is 20.7 Å². The molecule has 2 N–H and O–H groups in total. The first-order valence-corrected chi connectivity index (χ1v) is 7.85. The molecule has 21 heavy (non-hydrogen) atoms. The predicted molar refractivity (Wildman–Crippen MR) is 80.6 cm³/mol. The zero-order chi connectivity index (χ0) is 15.2. The topological polar surface area (TPSA) is 88.5 Å². The smallest absolute Gasteiger partial charge is 0.328 e. The zero-order valence-electron chi connectivity index (χ0n) is 11.2. The van der Waals surface area contributed by atoms with E-state index in [0.717, 1.165) is 9.88 Å². The molecule has 2 aromatic heterocycles. The number of nitrogens with one attached hydrogen (secondary N) is 1. The molecule has 1 atom stereocenters. The van der Waals surface area contributed by atoms with E-state index in [9.17, 15) is 9.59 Å². The van der Waals surface area contributed by atoms with Crippen LogP contribution >= 0.6 is 22.7 Å². The van der Waals surface area contributed by atoms with Gasteiger partial charge in [0.2, 0.25) is 5.91 Å². The second-order valence-electron chi connectivity index (χ2n) is 4.21. The number of rotatable bonds is 7. The summed E-state index contributed by atoms with van der Waals surface area (Å²) in [5.74, 6) is -1.51. The van der Waals surface area contributed by atoms with Crippen molar-refractivity contribution in [3.05, 3.63) is 28.6 Å². The number of nitrogens with zero attached hydrogens (tertiary/aromatic N) is 1. The number of thiophene rings is 1. The van der Waals surface area contributed by atoms with Gasteiger partial charge in [0.25, 0.3) is 0 Å². The lowest BCUT2D eigenvalue weighted by Gasteiger charge is -2.12. The number of aromatic nitrogens is 1. The normalized spacial score (nSPS) is 12.0. The highest BCUT2D eigenvalue weighted by molar-refractivity contribution is 7.20. The molecule has 0 bridgehead atoms. The second kappa shape index (κ2) is 7.30. The van der Waals surface area contributed by atoms with E-state index in [-0.39, 0.29) is 18.9 Å². The third kappa shape index (κ3) is 4.35. The van der Waals surface area contributed by atoms with Crippen molar-refractivity contribution >= 4 is 34.6 Å². The van der Waals surface area contributed by atoms with E-state index in [1.165, 1.54) is 18.4 Å². The van der Waals surface area contributed by atoms with E-state index in [0.29, 0.717) is 5.69 Å². The first-order chi connectivity index (χ1) is 10.1. The summed E-state index contributed by atoms with van der Waals surface area (Å²) in [5, 5.41) is 16.0. The van der Waals surface area contributed by atoms with E-state index in [2.05, 4.69) is 10.3 Å². The summed E-state index contributed by atoms with van der Waals surface area (Å²) in [5.41, 5.74) is 0.627. The van der Waals surface area contributed by atoms with Crippen LogP contribution in [0.3, 0.4) is 0 Å². The van der Waals surface area contributed by atoms with Crippen molar-refractivity contribution in [1.82, 2.24) is 10.3 Å². The van der Waals surface area contributed by atoms with Crippen molar-refractivity contribution < 1.29 is 19.4 Å². The van der Waals surface area contributed by atoms with E-state index < -0.39 is 12.0 Å². The Kier molecular flexibility index (Phi) is 5.43. The number of methoxy groups -OCH3 is 1. The molecule has 112 valence electrons. The Hall–Kier alpha value is -1.77. The van der Waals surface area contributed by atoms with Crippen LogP contribution in [0, 0.1) is 0 Å². The number of ether oxygens (including phenoxy) is 1. The lowest BCUT2D eigenvalue weighted by atomic mass is 10.2. The Morgan fingerprint density at radius 2 is 2.29 bits per heavy atom. The molecular weight excluding hydrogens is 312 g/mol. The molecular formula is C13H14N2O4S2. The standard InChI is InChI=1S/C13H14N2O4S2/c1-19-6-9(13(17)18)15-11(16)5-8-7-21-12(14-8)10-3-2-4-20-10/h2-4,7,9H,5-6H2,1H3,(H,15,16)(H,17,18). The van der Waals surface area contributed by atoms with Gasteiger partial charge in [-0.05, 0) is 11.4 Å². The average molecular weight is 326 g/mol. The zero-order valence-corrected chi connectivity index (χ0v) is 12.9. The van der Waals surface area contributed by atoms with Gasteiger partial charge >= 0.3 is 5.97 Å². The molecule has 0 saturated heterocycles. The number of hydrogen-bond acceptors (Lipinski definition) is 6. The van der Waals surface area contributed by atoms with Crippen molar-refractivity contribution in [2.75, 3.05) is 13.7 Å². The number of carbonyl (C=O) groups excluding carboxylic acids is 1. The highest BCUT2D eigenvalue weighted by Gasteiger charge is 2.20. The molecule has 2 heterocycles. The molecule has 0 aliphatic rings. The molecule has 0 radical (unpaired) electrons. The second-order valence-corrected chi connectivity index (χ2v) is 6.02. The molecule has 2 rings (SSSR count). The number of carboxylic acid groups (broad SMARTS) is 1. The quantitative estimate of drug-likeness (QED) is 0.807. The number of thiazole rings is 1. The maximum absolute atomic E-state index is 11.8. The fourth-order valence-electron chi connectivity index (χ4n) is 1.65. The van der Waals surface area contributed by atoms with Gasteiger partial charge in [-0.15, -0.1) is 22.7 Å². The van der Waals surface area contributed by atoms with Crippen LogP contribution in [0.5, 0.6) is 0 Å². The van der Waals surface area contributed by atoms with Crippen LogP contribution in [0.15, 0.2) is 22.9 Å². The Morgan fingerprint density at radius 3 is 2.90 bits per heavy atom. The number of carbonyl (C=O) groups is 2. The largest absolute Gasteiger partial charge is 0.480 e. The minimum atomic E-state index is -1.12.